The molecule has 0 saturated carbocycles. The van der Waals surface area contributed by atoms with Gasteiger partial charge in [-0.1, -0.05) is 6.07 Å². The van der Waals surface area contributed by atoms with E-state index in [9.17, 15) is 4.79 Å². The van der Waals surface area contributed by atoms with Crippen LogP contribution in [0.2, 0.25) is 0 Å². The predicted molar refractivity (Wildman–Crippen MR) is 96.1 cm³/mol. The summed E-state index contributed by atoms with van der Waals surface area (Å²) < 4.78 is 12.1. The largest absolute Gasteiger partial charge is 0.472 e. The Morgan fingerprint density at radius 1 is 1.31 bits per heavy atom. The molecule has 4 rings (SSSR count). The fourth-order valence-corrected chi connectivity index (χ4v) is 3.80. The van der Waals surface area contributed by atoms with E-state index in [1.165, 1.54) is 0 Å². The van der Waals surface area contributed by atoms with Gasteiger partial charge in [-0.3, -0.25) is 9.78 Å². The van der Waals surface area contributed by atoms with Crippen molar-refractivity contribution >= 4 is 5.91 Å². The summed E-state index contributed by atoms with van der Waals surface area (Å²) in [6.45, 7) is 3.80. The highest BCUT2D eigenvalue weighted by molar-refractivity contribution is 5.94. The number of rotatable bonds is 3. The van der Waals surface area contributed by atoms with E-state index in [4.69, 9.17) is 9.47 Å². The first-order valence-corrected chi connectivity index (χ1v) is 9.07. The Hall–Kier alpha value is -2.47. The van der Waals surface area contributed by atoms with Crippen molar-refractivity contribution in [2.45, 2.75) is 37.9 Å². The zero-order valence-electron chi connectivity index (χ0n) is 14.9. The lowest BCUT2D eigenvalue weighted by molar-refractivity contribution is -0.0453. The first kappa shape index (κ1) is 17.0. The van der Waals surface area contributed by atoms with Gasteiger partial charge in [-0.25, -0.2) is 4.98 Å². The van der Waals surface area contributed by atoms with Gasteiger partial charge in [0.1, 0.15) is 6.10 Å². The van der Waals surface area contributed by atoms with Crippen LogP contribution in [0.4, 0.5) is 0 Å². The third kappa shape index (κ3) is 3.55. The predicted octanol–water partition coefficient (Wildman–Crippen LogP) is 2.63. The Labute approximate surface area is 153 Å². The highest BCUT2D eigenvalue weighted by atomic mass is 16.6. The number of aryl methyl sites for hydroxylation is 1. The fraction of sp³-hybridized carbons (Fsp3) is 0.450. The zero-order chi connectivity index (χ0) is 18.0. The molecule has 2 fully saturated rings. The minimum Gasteiger partial charge on any atom is -0.472 e. The molecular weight excluding hydrogens is 330 g/mol. The summed E-state index contributed by atoms with van der Waals surface area (Å²) in [5.74, 6) is 0.641. The van der Waals surface area contributed by atoms with Gasteiger partial charge >= 0.3 is 0 Å². The average molecular weight is 353 g/mol. The lowest BCUT2D eigenvalue weighted by Crippen LogP contribution is -2.50. The summed E-state index contributed by atoms with van der Waals surface area (Å²) in [5.41, 5.74) is 1.23. The number of hydrogen-bond donors (Lipinski definition) is 0. The van der Waals surface area contributed by atoms with E-state index >= 15 is 0 Å². The Morgan fingerprint density at radius 3 is 3.00 bits per heavy atom. The number of carbonyl (C=O) groups excluding carboxylic acids is 1. The number of pyridine rings is 2. The maximum Gasteiger partial charge on any atom is 0.255 e. The molecule has 136 valence electrons. The third-order valence-electron chi connectivity index (χ3n) is 5.09. The number of nitrogens with zero attached hydrogens (tertiary/aromatic N) is 3. The first-order chi connectivity index (χ1) is 12.6. The Kier molecular flexibility index (Phi) is 4.59. The van der Waals surface area contributed by atoms with Gasteiger partial charge in [0, 0.05) is 37.1 Å². The van der Waals surface area contributed by atoms with E-state index in [-0.39, 0.29) is 17.6 Å². The molecule has 26 heavy (non-hydrogen) atoms. The molecule has 2 aliphatic heterocycles. The van der Waals surface area contributed by atoms with Crippen molar-refractivity contribution in [3.63, 3.8) is 0 Å². The summed E-state index contributed by atoms with van der Waals surface area (Å²) in [5, 5.41) is 0. The zero-order valence-corrected chi connectivity index (χ0v) is 14.9. The number of hydrogen-bond acceptors (Lipinski definition) is 5. The van der Waals surface area contributed by atoms with Crippen LogP contribution in [-0.4, -0.2) is 52.2 Å². The van der Waals surface area contributed by atoms with Crippen LogP contribution in [0.25, 0.3) is 0 Å². The van der Waals surface area contributed by atoms with Gasteiger partial charge in [-0.05, 0) is 38.0 Å². The highest BCUT2D eigenvalue weighted by Gasteiger charge is 2.45. The van der Waals surface area contributed by atoms with Crippen molar-refractivity contribution in [2.24, 2.45) is 0 Å². The van der Waals surface area contributed by atoms with Gasteiger partial charge in [-0.15, -0.1) is 0 Å². The van der Waals surface area contributed by atoms with Crippen molar-refractivity contribution in [1.82, 2.24) is 14.9 Å². The smallest absolute Gasteiger partial charge is 0.255 e. The van der Waals surface area contributed by atoms with Crippen molar-refractivity contribution in [1.29, 1.82) is 0 Å². The lowest BCUT2D eigenvalue weighted by Gasteiger charge is -2.39. The van der Waals surface area contributed by atoms with Crippen LogP contribution >= 0.6 is 0 Å². The number of likely N-dealkylation sites (tertiary alicyclic amines) is 1. The molecule has 0 bridgehead atoms. The summed E-state index contributed by atoms with van der Waals surface area (Å²) >= 11 is 0. The molecule has 2 saturated heterocycles. The molecule has 2 aromatic rings. The fourth-order valence-electron chi connectivity index (χ4n) is 3.80. The van der Waals surface area contributed by atoms with Crippen LogP contribution in [0.15, 0.2) is 42.7 Å². The quantitative estimate of drug-likeness (QED) is 0.849. The molecule has 0 N–H and O–H groups in total. The van der Waals surface area contributed by atoms with Crippen LogP contribution in [0.1, 0.15) is 35.3 Å². The maximum atomic E-state index is 12.8. The SMILES string of the molecule is Cc1ccc(C(=O)N2CCC[C@]3(C[C@H](Oc4ccccn4)CO3)C2)cn1. The van der Waals surface area contributed by atoms with E-state index in [1.807, 2.05) is 42.2 Å². The highest BCUT2D eigenvalue weighted by Crippen LogP contribution is 2.36. The molecule has 0 unspecified atom stereocenters. The molecular formula is C20H23N3O3. The number of piperidine rings is 1. The van der Waals surface area contributed by atoms with Crippen molar-refractivity contribution in [3.05, 3.63) is 54.0 Å². The number of carbonyl (C=O) groups is 1. The van der Waals surface area contributed by atoms with Crippen molar-refractivity contribution < 1.29 is 14.3 Å². The Morgan fingerprint density at radius 2 is 2.23 bits per heavy atom. The lowest BCUT2D eigenvalue weighted by atomic mass is 9.89. The van der Waals surface area contributed by atoms with Crippen LogP contribution in [-0.2, 0) is 4.74 Å². The summed E-state index contributed by atoms with van der Waals surface area (Å²) in [6, 6.07) is 9.34. The second-order valence-corrected chi connectivity index (χ2v) is 7.12. The Balaban J connectivity index is 1.41. The van der Waals surface area contributed by atoms with Gasteiger partial charge in [0.15, 0.2) is 0 Å². The maximum absolute atomic E-state index is 12.8. The minimum absolute atomic E-state index is 0.0225. The second kappa shape index (κ2) is 7.03. The monoisotopic (exact) mass is 353 g/mol. The number of ether oxygens (including phenoxy) is 2. The van der Waals surface area contributed by atoms with Gasteiger partial charge in [0.05, 0.1) is 24.3 Å². The summed E-state index contributed by atoms with van der Waals surface area (Å²) in [7, 11) is 0. The average Bonchev–Trinajstić information content (AvgIpc) is 3.04. The minimum atomic E-state index is -0.314. The molecule has 1 amide bonds. The molecule has 6 heteroatoms. The van der Waals surface area contributed by atoms with Gasteiger partial charge in [0.2, 0.25) is 5.88 Å². The molecule has 2 atom stereocenters. The first-order valence-electron chi connectivity index (χ1n) is 9.07. The van der Waals surface area contributed by atoms with Crippen LogP contribution in [0.3, 0.4) is 0 Å². The van der Waals surface area contributed by atoms with Crippen molar-refractivity contribution in [2.75, 3.05) is 19.7 Å². The van der Waals surface area contributed by atoms with E-state index in [1.54, 1.807) is 12.4 Å². The van der Waals surface area contributed by atoms with E-state index in [2.05, 4.69) is 9.97 Å². The molecule has 2 aromatic heterocycles. The molecule has 4 heterocycles. The van der Waals surface area contributed by atoms with E-state index < -0.39 is 0 Å². The molecule has 1 spiro atoms. The topological polar surface area (TPSA) is 64.6 Å². The van der Waals surface area contributed by atoms with Crippen LogP contribution < -0.4 is 4.74 Å². The molecule has 0 aromatic carbocycles. The second-order valence-electron chi connectivity index (χ2n) is 7.12. The number of amides is 1. The molecule has 0 aliphatic carbocycles. The summed E-state index contributed by atoms with van der Waals surface area (Å²) in [4.78, 5) is 23.2. The third-order valence-corrected chi connectivity index (χ3v) is 5.09. The van der Waals surface area contributed by atoms with Crippen LogP contribution in [0.5, 0.6) is 5.88 Å². The van der Waals surface area contributed by atoms with Gasteiger partial charge in [0.25, 0.3) is 5.91 Å². The normalized spacial score (nSPS) is 25.4. The van der Waals surface area contributed by atoms with Gasteiger partial charge < -0.3 is 14.4 Å². The molecule has 6 nitrogen and oxygen atoms in total. The van der Waals surface area contributed by atoms with Crippen LogP contribution in [0, 0.1) is 6.92 Å². The molecule has 2 aliphatic rings. The standard InChI is InChI=1S/C20H23N3O3/c1-15-6-7-16(12-22-15)19(24)23-10-4-8-20(14-23)11-17(13-25-20)26-18-5-2-3-9-21-18/h2-3,5-7,9,12,17H,4,8,10-11,13-14H2,1H3/t17-,20-/m0/s1. The van der Waals surface area contributed by atoms with Crippen molar-refractivity contribution in [3.8, 4) is 5.88 Å². The molecule has 0 radical (unpaired) electrons. The number of aromatic nitrogens is 2. The summed E-state index contributed by atoms with van der Waals surface area (Å²) in [6.07, 6.45) is 6.01. The van der Waals surface area contributed by atoms with E-state index in [0.29, 0.717) is 24.6 Å². The van der Waals surface area contributed by atoms with Gasteiger partial charge in [-0.2, -0.15) is 0 Å². The Bertz CT molecular complexity index is 766. The van der Waals surface area contributed by atoms with E-state index in [0.717, 1.165) is 31.5 Å².